The standard InChI is InChI=1S/C27H27F3N6O2S/c1-15(17-5-4-6-18(21(17)28)22(29)30)34-23-19-9-20(25(37)36(3)24(19)33-14-32-23)27(31-2)10-26(11-27)12-39(38,13-26)35-16-7-8-16/h4-6,9,14-16,22H,7-8,10-13H2,1,3H3,(H,32,33,34)/t15-,26?,27?,39?/m1/s1. The average Bonchev–Trinajstić information content (AvgIpc) is 3.67. The van der Waals surface area contributed by atoms with E-state index in [0.29, 0.717) is 40.9 Å². The lowest BCUT2D eigenvalue weighted by Gasteiger charge is -2.55. The van der Waals surface area contributed by atoms with E-state index in [9.17, 15) is 22.2 Å². The molecule has 1 saturated heterocycles. The molecule has 3 aromatic rings. The lowest BCUT2D eigenvalue weighted by atomic mass is 9.56. The Morgan fingerprint density at radius 2 is 1.92 bits per heavy atom. The van der Waals surface area contributed by atoms with Crippen LogP contribution in [0.5, 0.6) is 0 Å². The highest BCUT2D eigenvalue weighted by atomic mass is 32.2. The minimum absolute atomic E-state index is 0.0494. The Labute approximate surface area is 223 Å². The Morgan fingerprint density at radius 3 is 2.56 bits per heavy atom. The van der Waals surface area contributed by atoms with Crippen molar-refractivity contribution < 1.29 is 17.4 Å². The van der Waals surface area contributed by atoms with Gasteiger partial charge in [0.1, 0.15) is 29.2 Å². The summed E-state index contributed by atoms with van der Waals surface area (Å²) in [6.45, 7) is 9.63. The van der Waals surface area contributed by atoms with Crippen molar-refractivity contribution in [2.75, 3.05) is 16.8 Å². The first-order valence-electron chi connectivity index (χ1n) is 12.8. The van der Waals surface area contributed by atoms with E-state index in [1.54, 1.807) is 20.0 Å². The minimum atomic E-state index is -2.95. The summed E-state index contributed by atoms with van der Waals surface area (Å²) in [6.07, 6.45) is 1.16. The molecule has 6 rings (SSSR count). The van der Waals surface area contributed by atoms with Gasteiger partial charge in [-0.15, -0.1) is 0 Å². The van der Waals surface area contributed by atoms with E-state index >= 15 is 0 Å². The van der Waals surface area contributed by atoms with Crippen molar-refractivity contribution in [2.45, 2.75) is 56.7 Å². The molecule has 1 aliphatic heterocycles. The van der Waals surface area contributed by atoms with Crippen LogP contribution < -0.4 is 10.9 Å². The van der Waals surface area contributed by atoms with E-state index in [-0.39, 0.29) is 28.4 Å². The number of rotatable bonds is 6. The Balaban J connectivity index is 1.34. The molecule has 2 saturated carbocycles. The molecule has 8 nitrogen and oxygen atoms in total. The van der Waals surface area contributed by atoms with E-state index < -0.39 is 39.1 Å². The lowest BCUT2D eigenvalue weighted by Crippen LogP contribution is -2.62. The number of nitrogens with one attached hydrogen (secondary N) is 1. The molecule has 3 heterocycles. The van der Waals surface area contributed by atoms with Gasteiger partial charge < -0.3 is 10.2 Å². The molecule has 2 aromatic heterocycles. The van der Waals surface area contributed by atoms with Crippen molar-refractivity contribution in [3.8, 4) is 0 Å². The summed E-state index contributed by atoms with van der Waals surface area (Å²) in [4.78, 5) is 25.9. The summed E-state index contributed by atoms with van der Waals surface area (Å²) in [5.74, 6) is 0.239. The van der Waals surface area contributed by atoms with Crippen LogP contribution in [0.1, 0.15) is 61.8 Å². The minimum Gasteiger partial charge on any atom is -0.363 e. The van der Waals surface area contributed by atoms with Crippen LogP contribution in [0.3, 0.4) is 0 Å². The van der Waals surface area contributed by atoms with Gasteiger partial charge in [0.25, 0.3) is 17.5 Å². The van der Waals surface area contributed by atoms with Gasteiger partial charge in [-0.25, -0.2) is 38.3 Å². The molecule has 12 heteroatoms. The number of alkyl halides is 2. The van der Waals surface area contributed by atoms with Crippen LogP contribution in [-0.2, 0) is 22.3 Å². The highest BCUT2D eigenvalue weighted by Gasteiger charge is 2.68. The summed E-state index contributed by atoms with van der Waals surface area (Å²) < 4.78 is 60.1. The summed E-state index contributed by atoms with van der Waals surface area (Å²) >= 11 is 0. The van der Waals surface area contributed by atoms with Crippen molar-refractivity contribution in [1.82, 2.24) is 14.5 Å². The molecular formula is C27H27F3N6O2S. The molecule has 0 bridgehead atoms. The summed E-state index contributed by atoms with van der Waals surface area (Å²) in [7, 11) is -0.649. The fourth-order valence-electron chi connectivity index (χ4n) is 6.24. The number of aromatic nitrogens is 3. The maximum atomic E-state index is 14.8. The molecule has 1 spiro atoms. The third kappa shape index (κ3) is 4.18. The van der Waals surface area contributed by atoms with Crippen LogP contribution >= 0.6 is 0 Å². The number of fused-ring (bicyclic) bond motifs is 1. The first kappa shape index (κ1) is 25.8. The van der Waals surface area contributed by atoms with Crippen LogP contribution in [0.15, 0.2) is 39.8 Å². The Hall–Kier alpha value is -3.46. The second kappa shape index (κ2) is 8.78. The number of hydrogen-bond acceptors (Lipinski definition) is 6. The second-order valence-corrected chi connectivity index (χ2v) is 13.5. The molecule has 39 heavy (non-hydrogen) atoms. The topological polar surface area (TPSA) is 93.6 Å². The van der Waals surface area contributed by atoms with Crippen molar-refractivity contribution >= 4 is 26.6 Å². The van der Waals surface area contributed by atoms with Crippen LogP contribution in [0.25, 0.3) is 15.9 Å². The van der Waals surface area contributed by atoms with E-state index in [0.717, 1.165) is 18.9 Å². The predicted octanol–water partition coefficient (Wildman–Crippen LogP) is 5.12. The maximum absolute atomic E-state index is 14.8. The third-order valence-electron chi connectivity index (χ3n) is 8.12. The fraction of sp³-hybridized carbons (Fsp3) is 0.481. The summed E-state index contributed by atoms with van der Waals surface area (Å²) in [6, 6.07) is 4.95. The van der Waals surface area contributed by atoms with Crippen molar-refractivity contribution in [1.29, 1.82) is 0 Å². The number of pyridine rings is 1. The van der Waals surface area contributed by atoms with Gasteiger partial charge in [-0.3, -0.25) is 9.36 Å². The number of hydrogen-bond donors (Lipinski definition) is 1. The number of benzene rings is 1. The number of nitrogens with zero attached hydrogens (tertiary/aromatic N) is 5. The van der Waals surface area contributed by atoms with Crippen molar-refractivity contribution in [3.05, 3.63) is 74.9 Å². The molecule has 204 valence electrons. The van der Waals surface area contributed by atoms with Crippen LogP contribution in [0.4, 0.5) is 19.0 Å². The van der Waals surface area contributed by atoms with Gasteiger partial charge in [0.05, 0.1) is 23.0 Å². The van der Waals surface area contributed by atoms with Gasteiger partial charge in [-0.2, -0.15) is 0 Å². The van der Waals surface area contributed by atoms with E-state index in [2.05, 4.69) is 24.5 Å². The van der Waals surface area contributed by atoms with Gasteiger partial charge >= 0.3 is 0 Å². The van der Waals surface area contributed by atoms with Crippen molar-refractivity contribution in [3.63, 3.8) is 0 Å². The molecular weight excluding hydrogens is 529 g/mol. The Bertz CT molecular complexity index is 1720. The quantitative estimate of drug-likeness (QED) is 0.426. The molecule has 0 amide bonds. The highest BCUT2D eigenvalue weighted by Crippen LogP contribution is 2.62. The van der Waals surface area contributed by atoms with Crippen molar-refractivity contribution in [2.24, 2.45) is 16.8 Å². The average molecular weight is 557 g/mol. The van der Waals surface area contributed by atoms with Gasteiger partial charge in [0.15, 0.2) is 0 Å². The Morgan fingerprint density at radius 1 is 1.23 bits per heavy atom. The fourth-order valence-corrected chi connectivity index (χ4v) is 9.38. The summed E-state index contributed by atoms with van der Waals surface area (Å²) in [5.41, 5.74) is -1.64. The highest BCUT2D eigenvalue weighted by molar-refractivity contribution is 7.95. The zero-order chi connectivity index (χ0) is 27.7. The largest absolute Gasteiger partial charge is 0.363 e. The van der Waals surface area contributed by atoms with E-state index in [1.165, 1.54) is 23.0 Å². The first-order chi connectivity index (χ1) is 18.5. The molecule has 3 fully saturated rings. The third-order valence-corrected chi connectivity index (χ3v) is 10.9. The molecule has 2 aliphatic carbocycles. The zero-order valence-corrected chi connectivity index (χ0v) is 22.3. The molecule has 3 aliphatic rings. The number of aryl methyl sites for hydroxylation is 1. The monoisotopic (exact) mass is 556 g/mol. The molecule has 1 aromatic carbocycles. The maximum Gasteiger partial charge on any atom is 0.266 e. The first-order valence-corrected chi connectivity index (χ1v) is 14.6. The van der Waals surface area contributed by atoms with E-state index in [4.69, 9.17) is 6.57 Å². The van der Waals surface area contributed by atoms with Crippen LogP contribution in [0, 0.1) is 17.8 Å². The lowest BCUT2D eigenvalue weighted by molar-refractivity contribution is 0.0840. The number of anilines is 1. The van der Waals surface area contributed by atoms with Crippen LogP contribution in [-0.4, -0.2) is 36.3 Å². The van der Waals surface area contributed by atoms with Crippen LogP contribution in [0.2, 0.25) is 0 Å². The molecule has 0 radical (unpaired) electrons. The van der Waals surface area contributed by atoms with Gasteiger partial charge in [-0.1, -0.05) is 18.2 Å². The molecule has 0 unspecified atom stereocenters. The van der Waals surface area contributed by atoms with Gasteiger partial charge in [0.2, 0.25) is 0 Å². The molecule has 1 atom stereocenters. The zero-order valence-electron chi connectivity index (χ0n) is 21.5. The predicted molar refractivity (Wildman–Crippen MR) is 141 cm³/mol. The summed E-state index contributed by atoms with van der Waals surface area (Å²) in [5, 5.41) is 3.54. The molecule has 1 N–H and O–H groups in total. The smallest absolute Gasteiger partial charge is 0.266 e. The van der Waals surface area contributed by atoms with Gasteiger partial charge in [0, 0.05) is 52.1 Å². The van der Waals surface area contributed by atoms with Gasteiger partial charge in [-0.05, 0) is 25.8 Å². The Kier molecular flexibility index (Phi) is 5.81. The normalized spacial score (nSPS) is 28.5. The second-order valence-electron chi connectivity index (χ2n) is 11.2. The number of halogens is 3. The van der Waals surface area contributed by atoms with E-state index in [1.807, 2.05) is 0 Å². The SMILES string of the molecule is [C-]#[N+]C1(c2cc3c(N[C@H](C)c4cccc(C(F)F)c4F)ncnc3n(C)c2=O)CC2(C1)CS(=O)(=NC1CC1)C2.